The van der Waals surface area contributed by atoms with Crippen LogP contribution in [0.5, 0.6) is 0 Å². The van der Waals surface area contributed by atoms with Crippen molar-refractivity contribution in [1.82, 2.24) is 5.32 Å². The van der Waals surface area contributed by atoms with E-state index < -0.39 is 5.82 Å². The molecule has 0 aliphatic heterocycles. The van der Waals surface area contributed by atoms with Gasteiger partial charge < -0.3 is 10.4 Å². The van der Waals surface area contributed by atoms with E-state index in [1.165, 1.54) is 23.9 Å². The van der Waals surface area contributed by atoms with Crippen molar-refractivity contribution in [3.63, 3.8) is 0 Å². The van der Waals surface area contributed by atoms with Gasteiger partial charge in [-0.25, -0.2) is 8.78 Å². The first-order valence-electron chi connectivity index (χ1n) is 7.55. The summed E-state index contributed by atoms with van der Waals surface area (Å²) in [6.45, 7) is 3.02. The third kappa shape index (κ3) is 3.96. The summed E-state index contributed by atoms with van der Waals surface area (Å²) < 4.78 is 26.7. The summed E-state index contributed by atoms with van der Waals surface area (Å²) in [5.74, 6) is 0.356. The number of likely N-dealkylation sites (N-methyl/N-ethyl adjacent to an activating group) is 1. The zero-order chi connectivity index (χ0) is 15.3. The molecule has 0 saturated heterocycles. The normalized spacial score (nSPS) is 25.4. The molecule has 0 bridgehead atoms. The summed E-state index contributed by atoms with van der Waals surface area (Å²) in [6, 6.07) is 3.56. The van der Waals surface area contributed by atoms with E-state index in [-0.39, 0.29) is 18.0 Å². The molecule has 1 fully saturated rings. The molecule has 2 N–H and O–H groups in total. The number of hydrogen-bond donors (Lipinski definition) is 2. The van der Waals surface area contributed by atoms with Gasteiger partial charge in [0.15, 0.2) is 0 Å². The van der Waals surface area contributed by atoms with E-state index in [4.69, 9.17) is 0 Å². The largest absolute Gasteiger partial charge is 0.394 e. The Balaban J connectivity index is 1.91. The van der Waals surface area contributed by atoms with Crippen LogP contribution in [0.1, 0.15) is 32.6 Å². The van der Waals surface area contributed by atoms with E-state index in [0.29, 0.717) is 10.8 Å². The van der Waals surface area contributed by atoms with Gasteiger partial charge in [-0.3, -0.25) is 0 Å². The van der Waals surface area contributed by atoms with Gasteiger partial charge >= 0.3 is 0 Å². The Morgan fingerprint density at radius 3 is 2.95 bits per heavy atom. The van der Waals surface area contributed by atoms with Crippen LogP contribution < -0.4 is 5.32 Å². The van der Waals surface area contributed by atoms with Crippen molar-refractivity contribution in [2.75, 3.05) is 18.9 Å². The highest BCUT2D eigenvalue weighted by atomic mass is 32.2. The minimum absolute atomic E-state index is 0.143. The van der Waals surface area contributed by atoms with Crippen molar-refractivity contribution in [3.05, 3.63) is 29.8 Å². The summed E-state index contributed by atoms with van der Waals surface area (Å²) in [7, 11) is 0. The lowest BCUT2D eigenvalue weighted by atomic mass is 9.86. The van der Waals surface area contributed by atoms with E-state index in [2.05, 4.69) is 5.32 Å². The highest BCUT2D eigenvalue weighted by Crippen LogP contribution is 2.39. The Morgan fingerprint density at radius 2 is 2.24 bits per heavy atom. The second kappa shape index (κ2) is 7.56. The fraction of sp³-hybridized carbons (Fsp3) is 0.625. The van der Waals surface area contributed by atoms with Gasteiger partial charge in [-0.1, -0.05) is 13.3 Å². The van der Waals surface area contributed by atoms with Crippen LogP contribution in [-0.4, -0.2) is 29.5 Å². The van der Waals surface area contributed by atoms with Crippen LogP contribution in [-0.2, 0) is 0 Å². The molecule has 21 heavy (non-hydrogen) atoms. The van der Waals surface area contributed by atoms with Crippen molar-refractivity contribution in [2.45, 2.75) is 43.0 Å². The number of benzene rings is 1. The number of nitrogens with one attached hydrogen (secondary N) is 1. The second-order valence-corrected chi connectivity index (χ2v) is 6.78. The Hall–Kier alpha value is -0.650. The second-order valence-electron chi connectivity index (χ2n) is 5.65. The number of rotatable bonds is 7. The molecule has 1 saturated carbocycles. The average Bonchev–Trinajstić information content (AvgIpc) is 2.86. The van der Waals surface area contributed by atoms with Crippen molar-refractivity contribution in [3.8, 4) is 0 Å². The topological polar surface area (TPSA) is 32.3 Å². The summed E-state index contributed by atoms with van der Waals surface area (Å²) in [4.78, 5) is 0.367. The van der Waals surface area contributed by atoms with Crippen LogP contribution in [0.2, 0.25) is 0 Å². The maximum atomic E-state index is 13.6. The van der Waals surface area contributed by atoms with Crippen molar-refractivity contribution in [1.29, 1.82) is 0 Å². The smallest absolute Gasteiger partial charge is 0.136 e. The predicted octanol–water partition coefficient (Wildman–Crippen LogP) is 3.59. The number of thioether (sulfide) groups is 1. The highest BCUT2D eigenvalue weighted by molar-refractivity contribution is 7.99. The summed E-state index contributed by atoms with van der Waals surface area (Å²) in [6.07, 6.45) is 4.08. The van der Waals surface area contributed by atoms with Gasteiger partial charge in [-0.15, -0.1) is 11.8 Å². The summed E-state index contributed by atoms with van der Waals surface area (Å²) in [5, 5.41) is 13.2. The first-order valence-corrected chi connectivity index (χ1v) is 8.53. The molecular weight excluding hydrogens is 292 g/mol. The molecule has 1 aromatic rings. The number of hydrogen-bond acceptors (Lipinski definition) is 3. The third-order valence-electron chi connectivity index (χ3n) is 4.39. The molecule has 1 aliphatic rings. The van der Waals surface area contributed by atoms with Crippen LogP contribution in [0, 0.1) is 17.6 Å². The van der Waals surface area contributed by atoms with Gasteiger partial charge in [0.1, 0.15) is 11.6 Å². The summed E-state index contributed by atoms with van der Waals surface area (Å²) in [5.41, 5.74) is -0.185. The molecule has 0 radical (unpaired) electrons. The van der Waals surface area contributed by atoms with Gasteiger partial charge in [-0.05, 0) is 55.7 Å². The zero-order valence-electron chi connectivity index (χ0n) is 12.4. The van der Waals surface area contributed by atoms with Crippen LogP contribution in [0.4, 0.5) is 8.78 Å². The van der Waals surface area contributed by atoms with Crippen molar-refractivity contribution >= 4 is 11.8 Å². The molecule has 2 atom stereocenters. The van der Waals surface area contributed by atoms with Gasteiger partial charge in [0.2, 0.25) is 0 Å². The SMILES string of the molecule is CCNC1(CO)CCCC1CCSc1cc(F)ccc1F. The lowest BCUT2D eigenvalue weighted by molar-refractivity contribution is 0.124. The molecule has 118 valence electrons. The lowest BCUT2D eigenvalue weighted by Crippen LogP contribution is -2.51. The number of aliphatic hydroxyl groups is 1. The van der Waals surface area contributed by atoms with E-state index >= 15 is 0 Å². The lowest BCUT2D eigenvalue weighted by Gasteiger charge is -2.35. The van der Waals surface area contributed by atoms with Crippen molar-refractivity contribution < 1.29 is 13.9 Å². The van der Waals surface area contributed by atoms with Crippen LogP contribution in [0.15, 0.2) is 23.1 Å². The minimum atomic E-state index is -0.405. The first kappa shape index (κ1) is 16.7. The van der Waals surface area contributed by atoms with Crippen LogP contribution in [0.25, 0.3) is 0 Å². The number of halogens is 2. The molecule has 2 unspecified atom stereocenters. The molecule has 2 nitrogen and oxygen atoms in total. The molecule has 0 amide bonds. The maximum absolute atomic E-state index is 13.6. The Kier molecular flexibility index (Phi) is 6.02. The molecule has 2 rings (SSSR count). The van der Waals surface area contributed by atoms with E-state index in [9.17, 15) is 13.9 Å². The molecule has 0 spiro atoms. The van der Waals surface area contributed by atoms with E-state index in [1.807, 2.05) is 6.92 Å². The van der Waals surface area contributed by atoms with Gasteiger partial charge in [0, 0.05) is 10.4 Å². The van der Waals surface area contributed by atoms with Crippen LogP contribution >= 0.6 is 11.8 Å². The molecule has 1 aliphatic carbocycles. The standard InChI is InChI=1S/C16H23F2NOS/c1-2-19-16(11-20)8-3-4-12(16)7-9-21-15-10-13(17)5-6-14(15)18/h5-6,10,12,19-20H,2-4,7-9,11H2,1H3. The van der Waals surface area contributed by atoms with Gasteiger partial charge in [0.05, 0.1) is 6.61 Å². The monoisotopic (exact) mass is 315 g/mol. The Bertz CT molecular complexity index is 472. The fourth-order valence-corrected chi connectivity index (χ4v) is 4.34. The fourth-order valence-electron chi connectivity index (χ4n) is 3.31. The summed E-state index contributed by atoms with van der Waals surface area (Å²) >= 11 is 1.35. The molecule has 1 aromatic carbocycles. The maximum Gasteiger partial charge on any atom is 0.136 e. The minimum Gasteiger partial charge on any atom is -0.394 e. The predicted molar refractivity (Wildman–Crippen MR) is 82.5 cm³/mol. The van der Waals surface area contributed by atoms with Crippen LogP contribution in [0.3, 0.4) is 0 Å². The third-order valence-corrected chi connectivity index (χ3v) is 5.45. The number of aliphatic hydroxyl groups excluding tert-OH is 1. The Morgan fingerprint density at radius 1 is 1.43 bits per heavy atom. The molecule has 0 heterocycles. The average molecular weight is 315 g/mol. The van der Waals surface area contributed by atoms with Gasteiger partial charge in [0.25, 0.3) is 0 Å². The zero-order valence-corrected chi connectivity index (χ0v) is 13.2. The van der Waals surface area contributed by atoms with Gasteiger partial charge in [-0.2, -0.15) is 0 Å². The molecular formula is C16H23F2NOS. The Labute approximate surface area is 129 Å². The quantitative estimate of drug-likeness (QED) is 0.754. The van der Waals surface area contributed by atoms with E-state index in [1.54, 1.807) is 0 Å². The molecule has 5 heteroatoms. The highest BCUT2D eigenvalue weighted by Gasteiger charge is 2.41. The first-order chi connectivity index (χ1) is 10.1. The van der Waals surface area contributed by atoms with Crippen molar-refractivity contribution in [2.24, 2.45) is 5.92 Å². The molecule has 0 aromatic heterocycles. The van der Waals surface area contributed by atoms with E-state index in [0.717, 1.165) is 44.0 Å².